The summed E-state index contributed by atoms with van der Waals surface area (Å²) in [5.41, 5.74) is 3.94. The quantitative estimate of drug-likeness (QED) is 0.460. The van der Waals surface area contributed by atoms with Gasteiger partial charge in [0.1, 0.15) is 5.75 Å². The van der Waals surface area contributed by atoms with E-state index in [4.69, 9.17) is 16.3 Å². The summed E-state index contributed by atoms with van der Waals surface area (Å²) in [6.45, 7) is 3.56. The molecule has 5 rings (SSSR count). The number of aromatic amines is 1. The van der Waals surface area contributed by atoms with Gasteiger partial charge in [-0.1, -0.05) is 11.6 Å². The lowest BCUT2D eigenvalue weighted by atomic mass is 10.1. The largest absolute Gasteiger partial charge is 0.496 e. The van der Waals surface area contributed by atoms with Crippen molar-refractivity contribution in [3.8, 4) is 11.4 Å². The van der Waals surface area contributed by atoms with Gasteiger partial charge >= 0.3 is 0 Å². The van der Waals surface area contributed by atoms with Crippen molar-refractivity contribution in [1.82, 2.24) is 24.9 Å². The van der Waals surface area contributed by atoms with Crippen LogP contribution in [0.2, 0.25) is 5.02 Å². The van der Waals surface area contributed by atoms with E-state index < -0.39 is 0 Å². The lowest BCUT2D eigenvalue weighted by molar-refractivity contribution is 0.0789. The Balaban J connectivity index is 1.43. The minimum absolute atomic E-state index is 0.00850. The fraction of sp³-hybridized carbons (Fsp3) is 0.261. The standard InChI is InChI=1S/C23H23ClN6O2/c1-14-13-30(28-22(14)26-19-8-7-18-17(21(19)24)12-25-27-18)15-5-6-16(20(11-15)32-2)23(31)29-9-3-4-10-29/h5-8,11-13H,3-4,9-10H2,1-2H3,(H,25,27)(H,26,28). The van der Waals surface area contributed by atoms with Gasteiger partial charge in [0.25, 0.3) is 5.91 Å². The highest BCUT2D eigenvalue weighted by Crippen LogP contribution is 2.33. The monoisotopic (exact) mass is 450 g/mol. The van der Waals surface area contributed by atoms with Crippen LogP contribution in [-0.2, 0) is 0 Å². The summed E-state index contributed by atoms with van der Waals surface area (Å²) >= 11 is 6.54. The number of aromatic nitrogens is 4. The predicted molar refractivity (Wildman–Crippen MR) is 124 cm³/mol. The van der Waals surface area contributed by atoms with Gasteiger partial charge in [-0.15, -0.1) is 5.10 Å². The molecular weight excluding hydrogens is 428 g/mol. The van der Waals surface area contributed by atoms with Gasteiger partial charge in [0, 0.05) is 36.3 Å². The Bertz CT molecular complexity index is 1310. The number of benzene rings is 2. The molecule has 2 aromatic heterocycles. The summed E-state index contributed by atoms with van der Waals surface area (Å²) < 4.78 is 7.30. The number of fused-ring (bicyclic) bond motifs is 1. The Hall–Kier alpha value is -3.52. The second kappa shape index (κ2) is 8.20. The molecule has 1 fully saturated rings. The van der Waals surface area contributed by atoms with Crippen LogP contribution in [0, 0.1) is 6.92 Å². The Morgan fingerprint density at radius 1 is 1.22 bits per heavy atom. The van der Waals surface area contributed by atoms with Crippen molar-refractivity contribution >= 4 is 39.9 Å². The first-order valence-corrected chi connectivity index (χ1v) is 10.9. The molecule has 1 aliphatic rings. The van der Waals surface area contributed by atoms with E-state index in [9.17, 15) is 4.79 Å². The molecule has 0 bridgehead atoms. The van der Waals surface area contributed by atoms with Crippen LogP contribution in [0.4, 0.5) is 11.5 Å². The number of nitrogens with one attached hydrogen (secondary N) is 2. The van der Waals surface area contributed by atoms with E-state index in [0.717, 1.165) is 53.8 Å². The molecule has 164 valence electrons. The molecule has 1 aliphatic heterocycles. The molecule has 8 nitrogen and oxygen atoms in total. The van der Waals surface area contributed by atoms with E-state index in [1.54, 1.807) is 18.0 Å². The van der Waals surface area contributed by atoms with Crippen molar-refractivity contribution in [2.45, 2.75) is 19.8 Å². The number of methoxy groups -OCH3 is 1. The number of likely N-dealkylation sites (tertiary alicyclic amines) is 1. The average Bonchev–Trinajstić information content (AvgIpc) is 3.56. The van der Waals surface area contributed by atoms with Gasteiger partial charge in [0.2, 0.25) is 0 Å². The highest BCUT2D eigenvalue weighted by atomic mass is 35.5. The number of ether oxygens (including phenoxy) is 1. The first-order valence-electron chi connectivity index (χ1n) is 10.5. The van der Waals surface area contributed by atoms with E-state index >= 15 is 0 Å². The lowest BCUT2D eigenvalue weighted by Gasteiger charge is -2.17. The van der Waals surface area contributed by atoms with E-state index in [1.807, 2.05) is 48.4 Å². The van der Waals surface area contributed by atoms with E-state index in [-0.39, 0.29) is 5.91 Å². The number of rotatable bonds is 5. The van der Waals surface area contributed by atoms with Crippen molar-refractivity contribution < 1.29 is 9.53 Å². The van der Waals surface area contributed by atoms with E-state index in [0.29, 0.717) is 22.2 Å². The van der Waals surface area contributed by atoms with Crippen molar-refractivity contribution in [2.75, 3.05) is 25.5 Å². The maximum atomic E-state index is 12.8. The lowest BCUT2D eigenvalue weighted by Crippen LogP contribution is -2.28. The number of halogens is 1. The van der Waals surface area contributed by atoms with Crippen LogP contribution in [0.15, 0.2) is 42.7 Å². The zero-order valence-electron chi connectivity index (χ0n) is 17.9. The molecule has 2 aromatic carbocycles. The molecule has 0 saturated carbocycles. The topological polar surface area (TPSA) is 88.1 Å². The molecule has 0 radical (unpaired) electrons. The van der Waals surface area contributed by atoms with Gasteiger partial charge in [0.15, 0.2) is 5.82 Å². The Morgan fingerprint density at radius 3 is 2.81 bits per heavy atom. The van der Waals surface area contributed by atoms with Crippen molar-refractivity contribution in [2.24, 2.45) is 0 Å². The number of amides is 1. The van der Waals surface area contributed by atoms with Gasteiger partial charge < -0.3 is 15.0 Å². The average molecular weight is 451 g/mol. The zero-order valence-corrected chi connectivity index (χ0v) is 18.6. The number of nitrogens with zero attached hydrogens (tertiary/aromatic N) is 4. The number of H-pyrrole nitrogens is 1. The third-order valence-corrected chi connectivity index (χ3v) is 6.19. The maximum Gasteiger partial charge on any atom is 0.257 e. The first-order chi connectivity index (χ1) is 15.5. The molecule has 3 heterocycles. The van der Waals surface area contributed by atoms with Gasteiger partial charge in [-0.2, -0.15) is 5.10 Å². The van der Waals surface area contributed by atoms with E-state index in [1.165, 1.54) is 0 Å². The zero-order chi connectivity index (χ0) is 22.2. The van der Waals surface area contributed by atoms with Gasteiger partial charge in [0.05, 0.1) is 40.8 Å². The number of aryl methyl sites for hydroxylation is 1. The van der Waals surface area contributed by atoms with Crippen molar-refractivity contribution in [3.63, 3.8) is 0 Å². The fourth-order valence-electron chi connectivity index (χ4n) is 4.01. The number of carbonyl (C=O) groups excluding carboxylic acids is 1. The Kier molecular flexibility index (Phi) is 5.22. The van der Waals surface area contributed by atoms with Crippen LogP contribution in [0.1, 0.15) is 28.8 Å². The summed E-state index contributed by atoms with van der Waals surface area (Å²) in [6, 6.07) is 9.34. The second-order valence-electron chi connectivity index (χ2n) is 7.87. The molecule has 4 aromatic rings. The van der Waals surface area contributed by atoms with Crippen LogP contribution < -0.4 is 10.1 Å². The Labute approximate surface area is 190 Å². The number of hydrogen-bond acceptors (Lipinski definition) is 5. The molecular formula is C23H23ClN6O2. The normalized spacial score (nSPS) is 13.7. The van der Waals surface area contributed by atoms with Crippen LogP contribution in [0.3, 0.4) is 0 Å². The molecule has 1 saturated heterocycles. The van der Waals surface area contributed by atoms with E-state index in [2.05, 4.69) is 20.6 Å². The van der Waals surface area contributed by atoms with Crippen LogP contribution in [0.5, 0.6) is 5.75 Å². The summed E-state index contributed by atoms with van der Waals surface area (Å²) in [5, 5.41) is 16.4. The summed E-state index contributed by atoms with van der Waals surface area (Å²) in [5.74, 6) is 1.23. The maximum absolute atomic E-state index is 12.8. The summed E-state index contributed by atoms with van der Waals surface area (Å²) in [6.07, 6.45) is 5.72. The second-order valence-corrected chi connectivity index (χ2v) is 8.25. The minimum Gasteiger partial charge on any atom is -0.496 e. The molecule has 32 heavy (non-hydrogen) atoms. The predicted octanol–water partition coefficient (Wildman–Crippen LogP) is 4.70. The highest BCUT2D eigenvalue weighted by Gasteiger charge is 2.23. The fourth-order valence-corrected chi connectivity index (χ4v) is 4.27. The van der Waals surface area contributed by atoms with Crippen molar-refractivity contribution in [3.05, 3.63) is 58.9 Å². The molecule has 0 atom stereocenters. The van der Waals surface area contributed by atoms with Gasteiger partial charge in [-0.25, -0.2) is 4.68 Å². The first kappa shape index (κ1) is 20.4. The summed E-state index contributed by atoms with van der Waals surface area (Å²) in [4.78, 5) is 14.7. The third kappa shape index (κ3) is 3.56. The van der Waals surface area contributed by atoms with Crippen molar-refractivity contribution in [1.29, 1.82) is 0 Å². The van der Waals surface area contributed by atoms with Crippen LogP contribution >= 0.6 is 11.6 Å². The molecule has 1 amide bonds. The molecule has 0 spiro atoms. The third-order valence-electron chi connectivity index (χ3n) is 5.78. The molecule has 2 N–H and O–H groups in total. The number of hydrogen-bond donors (Lipinski definition) is 2. The Morgan fingerprint density at radius 2 is 2.03 bits per heavy atom. The minimum atomic E-state index is 0.00850. The van der Waals surface area contributed by atoms with Gasteiger partial charge in [-0.05, 0) is 44.0 Å². The molecule has 0 aliphatic carbocycles. The highest BCUT2D eigenvalue weighted by molar-refractivity contribution is 6.38. The molecule has 9 heteroatoms. The SMILES string of the molecule is COc1cc(-n2cc(C)c(Nc3ccc4[nH]ncc4c3Cl)n2)ccc1C(=O)N1CCCC1. The number of carbonyl (C=O) groups is 1. The van der Waals surface area contributed by atoms with Crippen LogP contribution in [-0.4, -0.2) is 51.0 Å². The van der Waals surface area contributed by atoms with Crippen LogP contribution in [0.25, 0.3) is 16.6 Å². The summed E-state index contributed by atoms with van der Waals surface area (Å²) in [7, 11) is 1.58. The van der Waals surface area contributed by atoms with Gasteiger partial charge in [-0.3, -0.25) is 9.89 Å². The smallest absolute Gasteiger partial charge is 0.257 e. The molecule has 0 unspecified atom stereocenters. The number of anilines is 2.